The maximum absolute atomic E-state index is 6.25. The van der Waals surface area contributed by atoms with E-state index < -0.39 is 16.4 Å². The summed E-state index contributed by atoms with van der Waals surface area (Å²) in [5.41, 5.74) is 3.29. The summed E-state index contributed by atoms with van der Waals surface area (Å²) in [6, 6.07) is 12.8. The molecule has 5 rings (SSSR count). The molecule has 4 heterocycles. The molecule has 2 N–H and O–H groups in total. The zero-order valence-corrected chi connectivity index (χ0v) is 32.8. The third-order valence-corrected chi connectivity index (χ3v) is 15.1. The van der Waals surface area contributed by atoms with E-state index in [1.807, 2.05) is 43.4 Å². The van der Waals surface area contributed by atoms with Crippen molar-refractivity contribution < 1.29 is 13.9 Å². The fourth-order valence-corrected chi connectivity index (χ4v) is 6.62. The number of hydrogen-bond acceptors (Lipinski definition) is 10. The van der Waals surface area contributed by atoms with Crippen molar-refractivity contribution >= 4 is 55.7 Å². The number of pyridine rings is 3. The maximum Gasteiger partial charge on any atom is 0.191 e. The Morgan fingerprint density at radius 2 is 1.64 bits per heavy atom. The van der Waals surface area contributed by atoms with Gasteiger partial charge in [-0.2, -0.15) is 0 Å². The molecule has 0 aliphatic rings. The van der Waals surface area contributed by atoms with Crippen LogP contribution in [0.1, 0.15) is 38.3 Å². The van der Waals surface area contributed by atoms with Crippen molar-refractivity contribution in [1.29, 1.82) is 0 Å². The molecule has 264 valence electrons. The van der Waals surface area contributed by atoms with Crippen LogP contribution in [0.25, 0.3) is 21.8 Å². The molecule has 0 aliphatic heterocycles. The van der Waals surface area contributed by atoms with E-state index in [9.17, 15) is 0 Å². The van der Waals surface area contributed by atoms with Gasteiger partial charge in [-0.1, -0.05) is 57.5 Å². The highest BCUT2D eigenvalue weighted by molar-refractivity contribution is 6.76. The quantitative estimate of drug-likeness (QED) is 0.0665. The second-order valence-electron chi connectivity index (χ2n) is 15.1. The van der Waals surface area contributed by atoms with Gasteiger partial charge in [-0.05, 0) is 60.6 Å². The number of benzene rings is 1. The minimum Gasteiger partial charge on any atom is -0.492 e. The zero-order valence-electron chi connectivity index (χ0n) is 30.8. The smallest absolute Gasteiger partial charge is 0.191 e. The number of hydrogen-bond donors (Lipinski definition) is 2. The van der Waals surface area contributed by atoms with E-state index in [1.165, 1.54) is 0 Å². The van der Waals surface area contributed by atoms with E-state index in [1.54, 1.807) is 23.3 Å². The third-order valence-electron chi connectivity index (χ3n) is 8.89. The van der Waals surface area contributed by atoms with Crippen molar-refractivity contribution in [3.8, 4) is 17.6 Å². The predicted molar refractivity (Wildman–Crippen MR) is 207 cm³/mol. The normalized spacial score (nSPS) is 12.2. The lowest BCUT2D eigenvalue weighted by molar-refractivity contribution is 0.0803. The van der Waals surface area contributed by atoms with Crippen LogP contribution < -0.4 is 15.4 Å². The van der Waals surface area contributed by atoms with E-state index in [0.29, 0.717) is 37.3 Å². The van der Waals surface area contributed by atoms with Crippen LogP contribution in [-0.2, 0) is 15.9 Å². The number of anilines is 3. The summed E-state index contributed by atoms with van der Waals surface area (Å²) in [6.07, 6.45) is 6.11. The van der Waals surface area contributed by atoms with E-state index in [4.69, 9.17) is 13.9 Å². The molecule has 0 saturated heterocycles. The number of nitrogens with one attached hydrogen (secondary N) is 2. The molecular formula is C37H50N8O3Si2. The van der Waals surface area contributed by atoms with E-state index in [-0.39, 0.29) is 5.04 Å². The van der Waals surface area contributed by atoms with Crippen molar-refractivity contribution in [2.75, 3.05) is 37.5 Å². The van der Waals surface area contributed by atoms with Crippen LogP contribution in [0.4, 0.5) is 17.5 Å². The fraction of sp³-hybridized carbons (Fsp3) is 0.432. The average molecular weight is 711 g/mol. The SMILES string of the molecule is CNc1ncc(C#Cc2ccc3c(c2)nnn3COCC[Si](C)(C)C)c2cc(Nc3ccc(OCCCO[Si](C)(C)C(C)(C)C)cn3)ncc12. The zero-order chi connectivity index (χ0) is 35.9. The van der Waals surface area contributed by atoms with E-state index in [0.717, 1.165) is 57.8 Å². The van der Waals surface area contributed by atoms with Crippen LogP contribution in [0.15, 0.2) is 55.0 Å². The second-order valence-corrected chi connectivity index (χ2v) is 25.5. The van der Waals surface area contributed by atoms with Gasteiger partial charge in [-0.3, -0.25) is 0 Å². The molecule has 0 spiro atoms. The lowest BCUT2D eigenvalue weighted by atomic mass is 10.1. The maximum atomic E-state index is 6.25. The highest BCUT2D eigenvalue weighted by Gasteiger charge is 2.36. The molecule has 0 radical (unpaired) electrons. The molecule has 1 aromatic carbocycles. The first-order valence-electron chi connectivity index (χ1n) is 17.1. The Kier molecular flexibility index (Phi) is 11.6. The van der Waals surface area contributed by atoms with Crippen molar-refractivity contribution in [2.45, 2.75) is 77.7 Å². The molecule has 13 heteroatoms. The van der Waals surface area contributed by atoms with Crippen molar-refractivity contribution in [2.24, 2.45) is 0 Å². The molecule has 50 heavy (non-hydrogen) atoms. The summed E-state index contributed by atoms with van der Waals surface area (Å²) in [4.78, 5) is 13.7. The molecule has 4 aromatic heterocycles. The van der Waals surface area contributed by atoms with Crippen LogP contribution in [0.2, 0.25) is 43.8 Å². The average Bonchev–Trinajstić information content (AvgIpc) is 3.47. The van der Waals surface area contributed by atoms with Gasteiger partial charge in [0, 0.05) is 63.5 Å². The van der Waals surface area contributed by atoms with Crippen molar-refractivity contribution in [1.82, 2.24) is 29.9 Å². The Morgan fingerprint density at radius 1 is 0.840 bits per heavy atom. The van der Waals surface area contributed by atoms with Crippen molar-refractivity contribution in [3.05, 3.63) is 66.1 Å². The van der Waals surface area contributed by atoms with E-state index in [2.05, 4.69) is 101 Å². The Bertz CT molecular complexity index is 1970. The molecule has 0 amide bonds. The summed E-state index contributed by atoms with van der Waals surface area (Å²) >= 11 is 0. The predicted octanol–water partition coefficient (Wildman–Crippen LogP) is 8.06. The van der Waals surface area contributed by atoms with E-state index >= 15 is 0 Å². The van der Waals surface area contributed by atoms with Crippen LogP contribution in [0.5, 0.6) is 5.75 Å². The highest BCUT2D eigenvalue weighted by atomic mass is 28.4. The number of ether oxygens (including phenoxy) is 2. The fourth-order valence-electron chi connectivity index (χ4n) is 4.78. The molecule has 0 fully saturated rings. The molecule has 0 aliphatic carbocycles. The van der Waals surface area contributed by atoms with Gasteiger partial charge in [0.25, 0.3) is 0 Å². The third kappa shape index (κ3) is 9.66. The van der Waals surface area contributed by atoms with Gasteiger partial charge in [0.05, 0.1) is 23.9 Å². The Hall–Kier alpha value is -4.36. The first kappa shape index (κ1) is 36.9. The van der Waals surface area contributed by atoms with Gasteiger partial charge in [0.15, 0.2) is 8.32 Å². The van der Waals surface area contributed by atoms with Gasteiger partial charge < -0.3 is 24.5 Å². The van der Waals surface area contributed by atoms with Gasteiger partial charge in [-0.25, -0.2) is 19.6 Å². The Morgan fingerprint density at radius 3 is 2.36 bits per heavy atom. The number of fused-ring (bicyclic) bond motifs is 2. The minimum atomic E-state index is -1.75. The molecule has 0 atom stereocenters. The summed E-state index contributed by atoms with van der Waals surface area (Å²) in [5.74, 6) is 9.34. The highest BCUT2D eigenvalue weighted by Crippen LogP contribution is 2.36. The summed E-state index contributed by atoms with van der Waals surface area (Å²) in [7, 11) is -1.05. The van der Waals surface area contributed by atoms with Gasteiger partial charge >= 0.3 is 0 Å². The van der Waals surface area contributed by atoms with Crippen LogP contribution in [-0.4, -0.2) is 73.2 Å². The standard InChI is InChI=1S/C37H50N8O3Si2/c1-37(2,3)50(8,9)48-18-10-17-47-29-14-16-34(39-24-29)42-35-22-30-28(23-41-36(38-4)31(30)25-40-35)13-11-27-12-15-33-32(21-27)43-44-45(33)26-46-19-20-49(5,6)7/h12,14-16,21-25H,10,17-20,26H2,1-9H3,(H,38,41)(H,39,40,42). The topological polar surface area (TPSA) is 121 Å². The molecule has 0 unspecified atom stereocenters. The molecule has 11 nitrogen and oxygen atoms in total. The Labute approximate surface area is 297 Å². The van der Waals surface area contributed by atoms with Gasteiger partial charge in [-0.15, -0.1) is 5.10 Å². The monoisotopic (exact) mass is 710 g/mol. The van der Waals surface area contributed by atoms with Crippen LogP contribution in [0, 0.1) is 11.8 Å². The molecular weight excluding hydrogens is 661 g/mol. The van der Waals surface area contributed by atoms with Crippen LogP contribution in [0.3, 0.4) is 0 Å². The van der Waals surface area contributed by atoms with Crippen LogP contribution >= 0.6 is 0 Å². The lowest BCUT2D eigenvalue weighted by Crippen LogP contribution is -2.41. The van der Waals surface area contributed by atoms with Gasteiger partial charge in [0.2, 0.25) is 0 Å². The first-order valence-corrected chi connectivity index (χ1v) is 23.7. The number of nitrogens with zero attached hydrogens (tertiary/aromatic N) is 6. The van der Waals surface area contributed by atoms with Crippen molar-refractivity contribution in [3.63, 3.8) is 0 Å². The van der Waals surface area contributed by atoms with Gasteiger partial charge in [0.1, 0.15) is 35.5 Å². The molecule has 5 aromatic rings. The summed E-state index contributed by atoms with van der Waals surface area (Å²) in [6.45, 7) is 20.7. The first-order chi connectivity index (χ1) is 23.7. The Balaban J connectivity index is 1.24. The minimum absolute atomic E-state index is 0.198. The summed E-state index contributed by atoms with van der Waals surface area (Å²) < 4.78 is 19.8. The number of rotatable bonds is 14. The second kappa shape index (κ2) is 15.7. The summed E-state index contributed by atoms with van der Waals surface area (Å²) in [5, 5.41) is 17.1. The largest absolute Gasteiger partial charge is 0.492 e. The molecule has 0 saturated carbocycles. The number of aromatic nitrogens is 6. The molecule has 0 bridgehead atoms. The lowest BCUT2D eigenvalue weighted by Gasteiger charge is -2.36.